The molecule has 0 aliphatic carbocycles. The van der Waals surface area contributed by atoms with Crippen molar-refractivity contribution in [1.82, 2.24) is 4.90 Å². The normalized spacial score (nSPS) is 19.6. The molecule has 1 aliphatic rings. The molecule has 1 heterocycles. The lowest BCUT2D eigenvalue weighted by Gasteiger charge is -2.34. The summed E-state index contributed by atoms with van der Waals surface area (Å²) in [7, 11) is 0. The van der Waals surface area contributed by atoms with Crippen molar-refractivity contribution in [3.63, 3.8) is 0 Å². The number of hydrogen-bond acceptors (Lipinski definition) is 2. The number of carbonyl (C=O) groups is 2. The van der Waals surface area contributed by atoms with Crippen molar-refractivity contribution in [2.75, 3.05) is 13.1 Å². The number of nitrogens with zero attached hydrogens (tertiary/aromatic N) is 1. The Bertz CT molecular complexity index is 393. The fraction of sp³-hybridized carbons (Fsp3) is 0.733. The van der Waals surface area contributed by atoms with E-state index in [-0.39, 0.29) is 11.3 Å². The van der Waals surface area contributed by atoms with Gasteiger partial charge in [0.2, 0.25) is 5.91 Å². The minimum atomic E-state index is -0.913. The van der Waals surface area contributed by atoms with Crippen molar-refractivity contribution in [2.24, 2.45) is 17.3 Å². The molecule has 0 aromatic carbocycles. The maximum atomic E-state index is 12.2. The monoisotopic (exact) mass is 267 g/mol. The highest BCUT2D eigenvalue weighted by Crippen LogP contribution is 2.30. The molecule has 0 saturated carbocycles. The summed E-state index contributed by atoms with van der Waals surface area (Å²) in [6.07, 6.45) is 2.99. The Morgan fingerprint density at radius 2 is 1.84 bits per heavy atom. The van der Waals surface area contributed by atoms with Crippen LogP contribution in [0.25, 0.3) is 0 Å². The number of carbonyl (C=O) groups excluding carboxylic acids is 1. The minimum Gasteiger partial charge on any atom is -0.481 e. The third-order valence-electron chi connectivity index (χ3n) is 4.01. The number of aliphatic carboxylic acids is 1. The number of hydrogen-bond donors (Lipinski definition) is 1. The van der Waals surface area contributed by atoms with Gasteiger partial charge in [-0.1, -0.05) is 46.3 Å². The lowest BCUT2D eigenvalue weighted by molar-refractivity contribution is -0.149. The second kappa shape index (κ2) is 5.76. The highest BCUT2D eigenvalue weighted by molar-refractivity contribution is 5.84. The molecule has 4 heteroatoms. The van der Waals surface area contributed by atoms with Crippen LogP contribution in [-0.2, 0) is 9.59 Å². The van der Waals surface area contributed by atoms with Gasteiger partial charge in [0.15, 0.2) is 0 Å². The maximum Gasteiger partial charge on any atom is 0.307 e. The zero-order valence-corrected chi connectivity index (χ0v) is 12.6. The quantitative estimate of drug-likeness (QED) is 0.799. The van der Waals surface area contributed by atoms with Crippen LogP contribution >= 0.6 is 0 Å². The average Bonchev–Trinajstić information content (AvgIpc) is 2.35. The molecule has 0 aromatic heterocycles. The number of carboxylic acid groups (broad SMARTS) is 1. The molecular weight excluding hydrogens is 242 g/mol. The molecule has 1 rings (SSSR count). The van der Waals surface area contributed by atoms with Crippen LogP contribution in [0.2, 0.25) is 0 Å². The van der Waals surface area contributed by atoms with E-state index >= 15 is 0 Å². The van der Waals surface area contributed by atoms with E-state index in [4.69, 9.17) is 5.11 Å². The van der Waals surface area contributed by atoms with E-state index in [9.17, 15) is 9.59 Å². The Hall–Kier alpha value is -1.32. The van der Waals surface area contributed by atoms with Crippen LogP contribution in [0.4, 0.5) is 0 Å². The van der Waals surface area contributed by atoms with Crippen molar-refractivity contribution < 1.29 is 14.7 Å². The predicted molar refractivity (Wildman–Crippen MR) is 74.7 cm³/mol. The lowest BCUT2D eigenvalue weighted by atomic mass is 9.82. The van der Waals surface area contributed by atoms with Crippen LogP contribution in [0.3, 0.4) is 0 Å². The molecule has 1 amide bonds. The Morgan fingerprint density at radius 1 is 1.26 bits per heavy atom. The summed E-state index contributed by atoms with van der Waals surface area (Å²) in [5.74, 6) is -2.08. The first-order valence-corrected chi connectivity index (χ1v) is 6.85. The van der Waals surface area contributed by atoms with Crippen LogP contribution in [0.15, 0.2) is 11.6 Å². The van der Waals surface area contributed by atoms with E-state index < -0.39 is 17.8 Å². The van der Waals surface area contributed by atoms with Gasteiger partial charge in [-0.3, -0.25) is 9.59 Å². The topological polar surface area (TPSA) is 57.6 Å². The molecule has 0 aromatic rings. The zero-order valence-electron chi connectivity index (χ0n) is 12.6. The highest BCUT2D eigenvalue weighted by Gasteiger charge is 2.31. The maximum absolute atomic E-state index is 12.2. The van der Waals surface area contributed by atoms with E-state index in [0.717, 1.165) is 6.42 Å². The van der Waals surface area contributed by atoms with Crippen molar-refractivity contribution in [3.8, 4) is 0 Å². The minimum absolute atomic E-state index is 0.0564. The molecule has 19 heavy (non-hydrogen) atoms. The van der Waals surface area contributed by atoms with E-state index in [1.165, 1.54) is 5.57 Å². The molecule has 1 aliphatic heterocycles. The van der Waals surface area contributed by atoms with Crippen molar-refractivity contribution in [2.45, 2.75) is 41.0 Å². The first kappa shape index (κ1) is 15.7. The molecule has 0 fully saturated rings. The zero-order chi connectivity index (χ0) is 14.8. The van der Waals surface area contributed by atoms with Gasteiger partial charge >= 0.3 is 5.97 Å². The van der Waals surface area contributed by atoms with Crippen molar-refractivity contribution in [3.05, 3.63) is 11.6 Å². The molecular formula is C15H25NO3. The number of rotatable bonds is 3. The fourth-order valence-corrected chi connectivity index (χ4v) is 2.27. The van der Waals surface area contributed by atoms with Crippen LogP contribution in [-0.4, -0.2) is 35.0 Å². The first-order valence-electron chi connectivity index (χ1n) is 6.85. The Balaban J connectivity index is 2.68. The summed E-state index contributed by atoms with van der Waals surface area (Å²) >= 11 is 0. The fourth-order valence-electron chi connectivity index (χ4n) is 2.27. The molecule has 0 saturated heterocycles. The summed E-state index contributed by atoms with van der Waals surface area (Å²) in [4.78, 5) is 24.9. The van der Waals surface area contributed by atoms with Gasteiger partial charge in [0.1, 0.15) is 0 Å². The standard InChI is InChI=1S/C15H25NO3/c1-10(11(2)14(18)19)13(17)16-8-6-12(7-9-16)15(3,4)5/h6,10-11H,7-9H2,1-5H3,(H,18,19). The summed E-state index contributed by atoms with van der Waals surface area (Å²) in [6.45, 7) is 11.1. The van der Waals surface area contributed by atoms with Crippen molar-refractivity contribution >= 4 is 11.9 Å². The second-order valence-corrected chi connectivity index (χ2v) is 6.43. The average molecular weight is 267 g/mol. The van der Waals surface area contributed by atoms with Crippen LogP contribution in [0.1, 0.15) is 41.0 Å². The van der Waals surface area contributed by atoms with Gasteiger partial charge in [-0.15, -0.1) is 0 Å². The Labute approximate surface area is 115 Å². The van der Waals surface area contributed by atoms with Gasteiger partial charge in [-0.2, -0.15) is 0 Å². The third kappa shape index (κ3) is 3.82. The van der Waals surface area contributed by atoms with Gasteiger partial charge in [0, 0.05) is 19.0 Å². The van der Waals surface area contributed by atoms with Crippen molar-refractivity contribution in [1.29, 1.82) is 0 Å². The molecule has 0 radical (unpaired) electrons. The van der Waals surface area contributed by atoms with Gasteiger partial charge in [0.05, 0.1) is 5.92 Å². The SMILES string of the molecule is CC(C(=O)O)C(C)C(=O)N1CC=C(C(C)(C)C)CC1. The summed E-state index contributed by atoms with van der Waals surface area (Å²) in [5, 5.41) is 8.97. The van der Waals surface area contributed by atoms with Gasteiger partial charge < -0.3 is 10.0 Å². The third-order valence-corrected chi connectivity index (χ3v) is 4.01. The molecule has 0 bridgehead atoms. The highest BCUT2D eigenvalue weighted by atomic mass is 16.4. The summed E-state index contributed by atoms with van der Waals surface area (Å²) in [5.41, 5.74) is 1.52. The predicted octanol–water partition coefficient (Wildman–Crippen LogP) is 2.55. The van der Waals surface area contributed by atoms with Crippen LogP contribution < -0.4 is 0 Å². The summed E-state index contributed by atoms with van der Waals surface area (Å²) in [6, 6.07) is 0. The first-order chi connectivity index (χ1) is 8.64. The smallest absolute Gasteiger partial charge is 0.307 e. The van der Waals surface area contributed by atoms with E-state index in [1.807, 2.05) is 0 Å². The molecule has 108 valence electrons. The molecule has 4 nitrogen and oxygen atoms in total. The van der Waals surface area contributed by atoms with E-state index in [1.54, 1.807) is 18.7 Å². The van der Waals surface area contributed by atoms with Crippen LogP contribution in [0, 0.1) is 17.3 Å². The summed E-state index contributed by atoms with van der Waals surface area (Å²) < 4.78 is 0. The van der Waals surface area contributed by atoms with Crippen LogP contribution in [0.5, 0.6) is 0 Å². The van der Waals surface area contributed by atoms with Gasteiger partial charge in [0.25, 0.3) is 0 Å². The molecule has 1 N–H and O–H groups in total. The number of amides is 1. The van der Waals surface area contributed by atoms with E-state index in [2.05, 4.69) is 26.8 Å². The lowest BCUT2D eigenvalue weighted by Crippen LogP contribution is -2.42. The Morgan fingerprint density at radius 3 is 2.21 bits per heavy atom. The second-order valence-electron chi connectivity index (χ2n) is 6.43. The van der Waals surface area contributed by atoms with Gasteiger partial charge in [-0.25, -0.2) is 0 Å². The van der Waals surface area contributed by atoms with Gasteiger partial charge in [-0.05, 0) is 11.8 Å². The van der Waals surface area contributed by atoms with E-state index in [0.29, 0.717) is 13.1 Å². The molecule has 0 spiro atoms. The molecule has 2 atom stereocenters. The molecule has 2 unspecified atom stereocenters. The Kier molecular flexibility index (Phi) is 4.77. The largest absolute Gasteiger partial charge is 0.481 e. The number of carboxylic acids is 1.